The van der Waals surface area contributed by atoms with Gasteiger partial charge in [-0.15, -0.1) is 0 Å². The van der Waals surface area contributed by atoms with Crippen molar-refractivity contribution in [3.8, 4) is 17.2 Å². The van der Waals surface area contributed by atoms with Crippen LogP contribution in [-0.2, 0) is 0 Å². The molecule has 4 nitrogen and oxygen atoms in total. The van der Waals surface area contributed by atoms with E-state index in [0.29, 0.717) is 6.42 Å². The molecule has 0 amide bonds. The molecule has 108 valence electrons. The number of aliphatic hydroxyl groups is 1. The van der Waals surface area contributed by atoms with E-state index in [1.165, 1.54) is 0 Å². The van der Waals surface area contributed by atoms with Gasteiger partial charge in [0.25, 0.3) is 0 Å². The van der Waals surface area contributed by atoms with Crippen molar-refractivity contribution in [3.05, 3.63) is 53.1 Å². The van der Waals surface area contributed by atoms with Crippen LogP contribution in [-0.4, -0.2) is 11.9 Å². The Bertz CT molecular complexity index is 695. The van der Waals surface area contributed by atoms with Gasteiger partial charge in [-0.2, -0.15) is 0 Å². The van der Waals surface area contributed by atoms with Crippen molar-refractivity contribution in [1.29, 1.82) is 0 Å². The van der Waals surface area contributed by atoms with Crippen molar-refractivity contribution < 1.29 is 19.3 Å². The minimum atomic E-state index is -0.510. The molecule has 4 heteroatoms. The average Bonchev–Trinajstić information content (AvgIpc) is 2.95. The molecule has 1 N–H and O–H groups in total. The summed E-state index contributed by atoms with van der Waals surface area (Å²) >= 11 is 0. The summed E-state index contributed by atoms with van der Waals surface area (Å²) in [5.74, 6) is 2.24. The molecule has 2 aliphatic heterocycles. The molecule has 0 saturated carbocycles. The summed E-state index contributed by atoms with van der Waals surface area (Å²) in [4.78, 5) is 0. The van der Waals surface area contributed by atoms with Crippen LogP contribution in [0.5, 0.6) is 17.2 Å². The molecule has 2 atom stereocenters. The summed E-state index contributed by atoms with van der Waals surface area (Å²) in [7, 11) is 0. The number of benzene rings is 2. The molecule has 1 unspecified atom stereocenters. The fraction of sp³-hybridized carbons (Fsp3) is 0.294. The summed E-state index contributed by atoms with van der Waals surface area (Å²) in [5, 5.41) is 10.4. The van der Waals surface area contributed by atoms with Gasteiger partial charge in [0.05, 0.1) is 6.10 Å². The minimum absolute atomic E-state index is 0.176. The maximum Gasteiger partial charge on any atom is 0.231 e. The second-order valence-electron chi connectivity index (χ2n) is 5.51. The number of ether oxygens (including phenoxy) is 3. The van der Waals surface area contributed by atoms with Crippen molar-refractivity contribution in [2.45, 2.75) is 25.6 Å². The lowest BCUT2D eigenvalue weighted by atomic mass is 9.94. The molecule has 21 heavy (non-hydrogen) atoms. The lowest BCUT2D eigenvalue weighted by molar-refractivity contribution is 0.0655. The van der Waals surface area contributed by atoms with E-state index in [2.05, 4.69) is 0 Å². The molecule has 2 aromatic rings. The van der Waals surface area contributed by atoms with Gasteiger partial charge in [-0.1, -0.05) is 17.7 Å². The van der Waals surface area contributed by atoms with Gasteiger partial charge in [-0.3, -0.25) is 0 Å². The number of fused-ring (bicyclic) bond motifs is 2. The van der Waals surface area contributed by atoms with Crippen LogP contribution in [0.25, 0.3) is 0 Å². The minimum Gasteiger partial charge on any atom is -0.485 e. The molecule has 2 heterocycles. The van der Waals surface area contributed by atoms with Crippen molar-refractivity contribution in [2.24, 2.45) is 0 Å². The van der Waals surface area contributed by atoms with Crippen molar-refractivity contribution in [1.82, 2.24) is 0 Å². The van der Waals surface area contributed by atoms with Crippen molar-refractivity contribution in [3.63, 3.8) is 0 Å². The Balaban J connectivity index is 1.67. The maximum absolute atomic E-state index is 10.4. The van der Waals surface area contributed by atoms with Gasteiger partial charge in [0.1, 0.15) is 11.9 Å². The SMILES string of the molecule is Cc1ccc2c(c1)[C@H](O)CC(c1ccc3c(c1)OCO3)O2. The molecule has 4 rings (SSSR count). The third-order valence-electron chi connectivity index (χ3n) is 4.00. The van der Waals surface area contributed by atoms with Crippen LogP contribution in [0.1, 0.15) is 35.3 Å². The third-order valence-corrected chi connectivity index (χ3v) is 4.00. The Morgan fingerprint density at radius 1 is 1.00 bits per heavy atom. The van der Waals surface area contributed by atoms with Gasteiger partial charge in [-0.05, 0) is 36.8 Å². The molecule has 0 spiro atoms. The van der Waals surface area contributed by atoms with Crippen LogP contribution in [0.15, 0.2) is 36.4 Å². The van der Waals surface area contributed by atoms with Crippen LogP contribution in [0.2, 0.25) is 0 Å². The lowest BCUT2D eigenvalue weighted by Gasteiger charge is -2.30. The number of aliphatic hydroxyl groups excluding tert-OH is 1. The molecule has 0 aliphatic carbocycles. The van der Waals surface area contributed by atoms with E-state index >= 15 is 0 Å². The Hall–Kier alpha value is -2.20. The van der Waals surface area contributed by atoms with E-state index < -0.39 is 6.10 Å². The predicted molar refractivity (Wildman–Crippen MR) is 76.7 cm³/mol. The van der Waals surface area contributed by atoms with Gasteiger partial charge in [0.15, 0.2) is 11.5 Å². The second-order valence-corrected chi connectivity index (χ2v) is 5.51. The summed E-state index contributed by atoms with van der Waals surface area (Å²) in [6.45, 7) is 2.27. The predicted octanol–water partition coefficient (Wildman–Crippen LogP) is 3.28. The van der Waals surface area contributed by atoms with Gasteiger partial charge in [0.2, 0.25) is 6.79 Å². The Morgan fingerprint density at radius 2 is 1.81 bits per heavy atom. The first-order valence-electron chi connectivity index (χ1n) is 7.05. The Kier molecular flexibility index (Phi) is 2.79. The maximum atomic E-state index is 10.4. The second kappa shape index (κ2) is 4.67. The first-order chi connectivity index (χ1) is 10.2. The quantitative estimate of drug-likeness (QED) is 0.873. The van der Waals surface area contributed by atoms with E-state index in [4.69, 9.17) is 14.2 Å². The van der Waals surface area contributed by atoms with Crippen LogP contribution in [0, 0.1) is 6.92 Å². The van der Waals surface area contributed by atoms with E-state index in [0.717, 1.165) is 33.9 Å². The summed E-state index contributed by atoms with van der Waals surface area (Å²) in [6.07, 6.45) is -0.149. The smallest absolute Gasteiger partial charge is 0.231 e. The number of aryl methyl sites for hydroxylation is 1. The lowest BCUT2D eigenvalue weighted by Crippen LogP contribution is -2.19. The molecular formula is C17H16O4. The molecule has 0 aromatic heterocycles. The first-order valence-corrected chi connectivity index (χ1v) is 7.05. The van der Waals surface area contributed by atoms with Gasteiger partial charge >= 0.3 is 0 Å². The number of hydrogen-bond acceptors (Lipinski definition) is 4. The van der Waals surface area contributed by atoms with Crippen molar-refractivity contribution in [2.75, 3.05) is 6.79 Å². The highest BCUT2D eigenvalue weighted by Gasteiger charge is 2.29. The monoisotopic (exact) mass is 284 g/mol. The summed E-state index contributed by atoms with van der Waals surface area (Å²) < 4.78 is 16.8. The van der Waals surface area contributed by atoms with Gasteiger partial charge in [-0.25, -0.2) is 0 Å². The standard InChI is InChI=1S/C17H16O4/c1-10-2-4-14-12(6-10)13(18)8-16(21-14)11-3-5-15-17(7-11)20-9-19-15/h2-7,13,16,18H,8-9H2,1H3/t13-,16?/m1/s1. The molecule has 0 radical (unpaired) electrons. The molecular weight excluding hydrogens is 268 g/mol. The molecule has 0 fully saturated rings. The number of hydrogen-bond donors (Lipinski definition) is 1. The van der Waals surface area contributed by atoms with Crippen LogP contribution < -0.4 is 14.2 Å². The highest BCUT2D eigenvalue weighted by atomic mass is 16.7. The summed E-state index contributed by atoms with van der Waals surface area (Å²) in [6, 6.07) is 11.7. The fourth-order valence-electron chi connectivity index (χ4n) is 2.88. The number of rotatable bonds is 1. The van der Waals surface area contributed by atoms with E-state index in [-0.39, 0.29) is 12.9 Å². The third kappa shape index (κ3) is 2.12. The van der Waals surface area contributed by atoms with Crippen LogP contribution >= 0.6 is 0 Å². The van der Waals surface area contributed by atoms with Crippen LogP contribution in [0.4, 0.5) is 0 Å². The molecule has 0 bridgehead atoms. The van der Waals surface area contributed by atoms with Gasteiger partial charge < -0.3 is 19.3 Å². The van der Waals surface area contributed by atoms with Crippen molar-refractivity contribution >= 4 is 0 Å². The topological polar surface area (TPSA) is 47.9 Å². The summed E-state index contributed by atoms with van der Waals surface area (Å²) in [5.41, 5.74) is 2.98. The molecule has 2 aliphatic rings. The highest BCUT2D eigenvalue weighted by Crippen LogP contribution is 2.43. The average molecular weight is 284 g/mol. The Labute approximate surface area is 122 Å². The van der Waals surface area contributed by atoms with E-state index in [1.807, 2.05) is 43.3 Å². The highest BCUT2D eigenvalue weighted by molar-refractivity contribution is 5.46. The molecule has 0 saturated heterocycles. The molecule has 2 aromatic carbocycles. The zero-order chi connectivity index (χ0) is 14.4. The normalized spacial score (nSPS) is 22.6. The Morgan fingerprint density at radius 3 is 2.71 bits per heavy atom. The zero-order valence-electron chi connectivity index (χ0n) is 11.7. The first kappa shape index (κ1) is 12.5. The zero-order valence-corrected chi connectivity index (χ0v) is 11.7. The van der Waals surface area contributed by atoms with Crippen LogP contribution in [0.3, 0.4) is 0 Å². The van der Waals surface area contributed by atoms with Gasteiger partial charge in [0, 0.05) is 12.0 Å². The van der Waals surface area contributed by atoms with E-state index in [1.54, 1.807) is 0 Å². The fourth-order valence-corrected chi connectivity index (χ4v) is 2.88. The largest absolute Gasteiger partial charge is 0.485 e. The van der Waals surface area contributed by atoms with E-state index in [9.17, 15) is 5.11 Å².